The van der Waals surface area contributed by atoms with Crippen molar-refractivity contribution in [2.75, 3.05) is 19.8 Å². The second kappa shape index (κ2) is 10.4. The van der Waals surface area contributed by atoms with E-state index in [4.69, 9.17) is 19.7 Å². The average molecular weight is 431 g/mol. The Labute approximate surface area is 181 Å². The van der Waals surface area contributed by atoms with Gasteiger partial charge in [-0.1, -0.05) is 44.2 Å². The fourth-order valence-corrected chi connectivity index (χ4v) is 3.78. The van der Waals surface area contributed by atoms with E-state index in [1.807, 2.05) is 4.90 Å². The molecule has 4 rings (SSSR count). The molecule has 1 aromatic carbocycles. The summed E-state index contributed by atoms with van der Waals surface area (Å²) in [7, 11) is 0. The number of aromatic nitrogens is 2. The Morgan fingerprint density at radius 3 is 2.65 bits per heavy atom. The van der Waals surface area contributed by atoms with Crippen LogP contribution in [0.5, 0.6) is 0 Å². The molecule has 9 heteroatoms. The highest BCUT2D eigenvalue weighted by Gasteiger charge is 2.36. The highest BCUT2D eigenvalue weighted by atomic mass is 16.6. The monoisotopic (exact) mass is 431 g/mol. The van der Waals surface area contributed by atoms with Crippen LogP contribution in [0, 0.1) is 5.92 Å². The molecular formula is C22H29N3O6. The van der Waals surface area contributed by atoms with Crippen molar-refractivity contribution in [3.63, 3.8) is 0 Å². The molecule has 2 aliphatic rings. The molecule has 9 nitrogen and oxygen atoms in total. The number of nitrogens with one attached hydrogen (secondary N) is 1. The van der Waals surface area contributed by atoms with Gasteiger partial charge in [-0.05, 0) is 11.5 Å². The van der Waals surface area contributed by atoms with Gasteiger partial charge < -0.3 is 24.7 Å². The second-order valence-electron chi connectivity index (χ2n) is 7.92. The zero-order valence-corrected chi connectivity index (χ0v) is 17.7. The summed E-state index contributed by atoms with van der Waals surface area (Å²) in [6.45, 7) is 6.07. The van der Waals surface area contributed by atoms with Crippen molar-refractivity contribution in [1.82, 2.24) is 14.9 Å². The first kappa shape index (κ1) is 22.8. The molecule has 31 heavy (non-hydrogen) atoms. The molecule has 0 radical (unpaired) electrons. The van der Waals surface area contributed by atoms with Gasteiger partial charge in [0.15, 0.2) is 6.10 Å². The lowest BCUT2D eigenvalue weighted by Crippen LogP contribution is -2.43. The molecule has 1 unspecified atom stereocenters. The first-order valence-electron chi connectivity index (χ1n) is 10.4. The topological polar surface area (TPSA) is 125 Å². The molecule has 1 amide bonds. The number of carbonyl (C=O) groups excluding carboxylic acids is 1. The van der Waals surface area contributed by atoms with Crippen molar-refractivity contribution in [3.05, 3.63) is 53.6 Å². The average Bonchev–Trinajstić information content (AvgIpc) is 3.45. The smallest absolute Gasteiger partial charge is 0.410 e. The maximum atomic E-state index is 12.4. The van der Waals surface area contributed by atoms with E-state index in [1.165, 1.54) is 0 Å². The summed E-state index contributed by atoms with van der Waals surface area (Å²) in [6, 6.07) is 8.25. The normalized spacial score (nSPS) is 21.1. The van der Waals surface area contributed by atoms with Gasteiger partial charge in [-0.2, -0.15) is 0 Å². The predicted molar refractivity (Wildman–Crippen MR) is 111 cm³/mol. The zero-order chi connectivity index (χ0) is 22.4. The minimum Gasteiger partial charge on any atom is -0.479 e. The molecule has 3 heterocycles. The van der Waals surface area contributed by atoms with Gasteiger partial charge in [0.05, 0.1) is 31.3 Å². The molecule has 3 atom stereocenters. The van der Waals surface area contributed by atoms with E-state index in [1.54, 1.807) is 36.7 Å². The number of hydrogen-bond donors (Lipinski definition) is 3. The lowest BCUT2D eigenvalue weighted by Gasteiger charge is -2.36. The number of aliphatic hydroxyl groups is 1. The van der Waals surface area contributed by atoms with E-state index in [0.29, 0.717) is 31.2 Å². The Morgan fingerprint density at radius 1 is 1.29 bits per heavy atom. The fraction of sp³-hybridized carbons (Fsp3) is 0.500. The molecule has 2 aliphatic heterocycles. The summed E-state index contributed by atoms with van der Waals surface area (Å²) in [4.78, 5) is 32.0. The number of hydrogen-bond acceptors (Lipinski definition) is 6. The number of benzene rings is 1. The van der Waals surface area contributed by atoms with Gasteiger partial charge in [0.25, 0.3) is 0 Å². The van der Waals surface area contributed by atoms with Crippen LogP contribution in [0.1, 0.15) is 49.4 Å². The highest BCUT2D eigenvalue weighted by Crippen LogP contribution is 2.34. The van der Waals surface area contributed by atoms with Gasteiger partial charge in [-0.3, -0.25) is 4.90 Å². The van der Waals surface area contributed by atoms with Crippen molar-refractivity contribution in [2.45, 2.75) is 44.9 Å². The molecule has 1 aromatic heterocycles. The van der Waals surface area contributed by atoms with Crippen LogP contribution >= 0.6 is 0 Å². The maximum Gasteiger partial charge on any atom is 0.410 e. The van der Waals surface area contributed by atoms with Gasteiger partial charge in [-0.25, -0.2) is 14.6 Å². The number of aliphatic carboxylic acids is 1. The summed E-state index contributed by atoms with van der Waals surface area (Å²) in [6.07, 6.45) is 1.55. The summed E-state index contributed by atoms with van der Waals surface area (Å²) < 4.78 is 10.8. The number of fused-ring (bicyclic) bond motifs is 1. The Hall–Kier alpha value is -2.91. The van der Waals surface area contributed by atoms with Crippen LogP contribution < -0.4 is 0 Å². The van der Waals surface area contributed by atoms with Crippen LogP contribution in [0.15, 0.2) is 36.7 Å². The molecule has 1 saturated heterocycles. The highest BCUT2D eigenvalue weighted by molar-refractivity contribution is 5.73. The molecule has 0 aliphatic carbocycles. The quantitative estimate of drug-likeness (QED) is 0.680. The minimum absolute atomic E-state index is 0.0141. The van der Waals surface area contributed by atoms with Crippen molar-refractivity contribution >= 4 is 12.1 Å². The molecule has 0 saturated carbocycles. The third-order valence-corrected chi connectivity index (χ3v) is 5.34. The Balaban J connectivity index is 0.000000210. The maximum absolute atomic E-state index is 12.4. The molecular weight excluding hydrogens is 402 g/mol. The zero-order valence-electron chi connectivity index (χ0n) is 17.7. The van der Waals surface area contributed by atoms with Crippen LogP contribution in [0.2, 0.25) is 0 Å². The number of H-pyrrole nitrogens is 1. The van der Waals surface area contributed by atoms with E-state index < -0.39 is 12.1 Å². The lowest BCUT2D eigenvalue weighted by atomic mass is 9.94. The molecule has 2 aromatic rings. The first-order chi connectivity index (χ1) is 14.9. The molecule has 1 fully saturated rings. The largest absolute Gasteiger partial charge is 0.479 e. The lowest BCUT2D eigenvalue weighted by molar-refractivity contribution is -0.146. The summed E-state index contributed by atoms with van der Waals surface area (Å²) in [5, 5.41) is 17.4. The SMILES string of the molecule is CC(C)C1c2nc[nH]c2CCN1C(=O)O[C@H]1CCOC1.O=C(O)[C@H](O)c1ccccc1. The molecule has 3 N–H and O–H groups in total. The van der Waals surface area contributed by atoms with Crippen LogP contribution in [0.3, 0.4) is 0 Å². The van der Waals surface area contributed by atoms with E-state index in [0.717, 1.165) is 24.2 Å². The van der Waals surface area contributed by atoms with E-state index in [9.17, 15) is 9.59 Å². The van der Waals surface area contributed by atoms with Gasteiger partial charge in [0.2, 0.25) is 0 Å². The van der Waals surface area contributed by atoms with Crippen LogP contribution in [-0.4, -0.2) is 63.0 Å². The van der Waals surface area contributed by atoms with Gasteiger partial charge in [0, 0.05) is 25.1 Å². The number of imidazole rings is 1. The number of nitrogens with zero attached hydrogens (tertiary/aromatic N) is 2. The molecule has 0 spiro atoms. The van der Waals surface area contributed by atoms with E-state index >= 15 is 0 Å². The van der Waals surface area contributed by atoms with Crippen molar-refractivity contribution in [2.24, 2.45) is 5.92 Å². The Kier molecular flexibility index (Phi) is 7.64. The number of aromatic amines is 1. The fourth-order valence-electron chi connectivity index (χ4n) is 3.78. The number of carboxylic acids is 1. The summed E-state index contributed by atoms with van der Waals surface area (Å²) >= 11 is 0. The predicted octanol–water partition coefficient (Wildman–Crippen LogP) is 2.70. The number of aliphatic hydroxyl groups excluding tert-OH is 1. The van der Waals surface area contributed by atoms with Crippen LogP contribution in [0.25, 0.3) is 0 Å². The summed E-state index contributed by atoms with van der Waals surface area (Å²) in [5.74, 6) is -0.930. The molecule has 168 valence electrons. The van der Waals surface area contributed by atoms with E-state index in [-0.39, 0.29) is 18.2 Å². The Bertz CT molecular complexity index is 863. The van der Waals surface area contributed by atoms with Crippen LogP contribution in [-0.2, 0) is 20.7 Å². The van der Waals surface area contributed by atoms with Gasteiger partial charge in [0.1, 0.15) is 6.10 Å². The molecule has 0 bridgehead atoms. The number of carboxylic acid groups (broad SMARTS) is 1. The van der Waals surface area contributed by atoms with Crippen molar-refractivity contribution in [1.29, 1.82) is 0 Å². The van der Waals surface area contributed by atoms with E-state index in [2.05, 4.69) is 23.8 Å². The van der Waals surface area contributed by atoms with Crippen LogP contribution in [0.4, 0.5) is 4.79 Å². The van der Waals surface area contributed by atoms with Gasteiger partial charge >= 0.3 is 12.1 Å². The minimum atomic E-state index is -1.41. The number of amides is 1. The summed E-state index contributed by atoms with van der Waals surface area (Å²) in [5.41, 5.74) is 2.52. The number of carbonyl (C=O) groups is 2. The second-order valence-corrected chi connectivity index (χ2v) is 7.92. The first-order valence-corrected chi connectivity index (χ1v) is 10.4. The number of rotatable bonds is 4. The third-order valence-electron chi connectivity index (χ3n) is 5.34. The number of ether oxygens (including phenoxy) is 2. The standard InChI is InChI=1S/C14H21N3O3.C8H8O3/c1-9(2)13-12-11(15-8-16-12)3-5-17(13)14(18)20-10-4-6-19-7-10;9-7(8(10)11)6-4-2-1-3-5-6/h8-10,13H,3-7H2,1-2H3,(H,15,16);1-5,7,9H,(H,10,11)/t10-,13?;7-/m01/s1. The van der Waals surface area contributed by atoms with Gasteiger partial charge in [-0.15, -0.1) is 0 Å². The Morgan fingerprint density at radius 2 is 2.03 bits per heavy atom. The van der Waals surface area contributed by atoms with Crippen molar-refractivity contribution < 1.29 is 29.3 Å². The van der Waals surface area contributed by atoms with Crippen molar-refractivity contribution in [3.8, 4) is 0 Å². The third kappa shape index (κ3) is 5.62.